The van der Waals surface area contributed by atoms with Crippen LogP contribution in [0.1, 0.15) is 58.1 Å². The van der Waals surface area contributed by atoms with E-state index in [4.69, 9.17) is 0 Å². The largest absolute Gasteiger partial charge is 0.354 e. The van der Waals surface area contributed by atoms with Gasteiger partial charge in [0.15, 0.2) is 5.96 Å². The fraction of sp³-hybridized carbons (Fsp3) is 0.708. The highest BCUT2D eigenvalue weighted by molar-refractivity contribution is 14.0. The minimum Gasteiger partial charge on any atom is -0.354 e. The van der Waals surface area contributed by atoms with Gasteiger partial charge in [-0.2, -0.15) is 0 Å². The Labute approximate surface area is 201 Å². The Kier molecular flexibility index (Phi) is 10.9. The van der Waals surface area contributed by atoms with Crippen LogP contribution in [-0.2, 0) is 0 Å². The third kappa shape index (κ3) is 7.38. The average Bonchev–Trinajstić information content (AvgIpc) is 2.75. The van der Waals surface area contributed by atoms with Crippen molar-refractivity contribution >= 4 is 29.9 Å². The number of rotatable bonds is 6. The van der Waals surface area contributed by atoms with E-state index in [2.05, 4.69) is 76.5 Å². The molecular formula is C24H42IN5. The highest BCUT2D eigenvalue weighted by Crippen LogP contribution is 2.26. The molecule has 6 heteroatoms. The molecular weight excluding hydrogens is 485 g/mol. The van der Waals surface area contributed by atoms with Crippen LogP contribution in [0.5, 0.6) is 0 Å². The van der Waals surface area contributed by atoms with E-state index in [0.717, 1.165) is 18.4 Å². The topological polar surface area (TPSA) is 42.9 Å². The Hall–Kier alpha value is -0.860. The number of aliphatic imine (C=N–C) groups is 1. The maximum Gasteiger partial charge on any atom is 0.191 e. The maximum absolute atomic E-state index is 4.52. The lowest BCUT2D eigenvalue weighted by Gasteiger charge is -2.38. The summed E-state index contributed by atoms with van der Waals surface area (Å²) in [6.45, 7) is 12.6. The Balaban J connectivity index is 0.00000320. The second-order valence-corrected chi connectivity index (χ2v) is 9.15. The summed E-state index contributed by atoms with van der Waals surface area (Å²) in [6, 6.07) is 12.5. The molecule has 30 heavy (non-hydrogen) atoms. The van der Waals surface area contributed by atoms with Gasteiger partial charge >= 0.3 is 0 Å². The lowest BCUT2D eigenvalue weighted by molar-refractivity contribution is 0.138. The van der Waals surface area contributed by atoms with Crippen LogP contribution in [-0.4, -0.2) is 67.6 Å². The first-order chi connectivity index (χ1) is 14.1. The van der Waals surface area contributed by atoms with Gasteiger partial charge in [-0.25, -0.2) is 0 Å². The van der Waals surface area contributed by atoms with E-state index in [-0.39, 0.29) is 24.0 Å². The molecule has 5 nitrogen and oxygen atoms in total. The zero-order chi connectivity index (χ0) is 20.6. The molecule has 170 valence electrons. The summed E-state index contributed by atoms with van der Waals surface area (Å²) in [5, 5.41) is 7.32. The second kappa shape index (κ2) is 12.9. The molecule has 0 amide bonds. The van der Waals surface area contributed by atoms with E-state index in [1.807, 2.05) is 7.05 Å². The van der Waals surface area contributed by atoms with Crippen LogP contribution in [0.3, 0.4) is 0 Å². The molecule has 2 aliphatic rings. The number of nitrogens with zero attached hydrogens (tertiary/aromatic N) is 3. The zero-order valence-corrected chi connectivity index (χ0v) is 21.6. The van der Waals surface area contributed by atoms with Crippen molar-refractivity contribution in [2.75, 3.05) is 39.8 Å². The van der Waals surface area contributed by atoms with Crippen molar-refractivity contribution in [3.63, 3.8) is 0 Å². The molecule has 2 heterocycles. The Morgan fingerprint density at radius 1 is 1.00 bits per heavy atom. The Morgan fingerprint density at radius 2 is 1.60 bits per heavy atom. The summed E-state index contributed by atoms with van der Waals surface area (Å²) in [5.41, 5.74) is 1.40. The van der Waals surface area contributed by atoms with Crippen LogP contribution in [0.4, 0.5) is 0 Å². The van der Waals surface area contributed by atoms with Crippen LogP contribution < -0.4 is 10.6 Å². The van der Waals surface area contributed by atoms with Gasteiger partial charge in [-0.15, -0.1) is 24.0 Å². The summed E-state index contributed by atoms with van der Waals surface area (Å²) in [7, 11) is 1.89. The summed E-state index contributed by atoms with van der Waals surface area (Å²) >= 11 is 0. The SMILES string of the molecule is CN=C(NCC(c1ccccc1)N1CCC(C)CC1)NC1CCN(C(C)C)CC1.I. The first-order valence-electron chi connectivity index (χ1n) is 11.6. The third-order valence-electron chi connectivity index (χ3n) is 6.73. The monoisotopic (exact) mass is 527 g/mol. The highest BCUT2D eigenvalue weighted by Gasteiger charge is 2.26. The molecule has 0 radical (unpaired) electrons. The lowest BCUT2D eigenvalue weighted by Crippen LogP contribution is -2.51. The molecule has 0 saturated carbocycles. The number of likely N-dealkylation sites (tertiary alicyclic amines) is 2. The molecule has 3 rings (SSSR count). The molecule has 1 aromatic rings. The van der Waals surface area contributed by atoms with Crippen LogP contribution in [0.2, 0.25) is 0 Å². The molecule has 0 aliphatic carbocycles. The number of piperidine rings is 2. The number of benzene rings is 1. The molecule has 2 aliphatic heterocycles. The van der Waals surface area contributed by atoms with Gasteiger partial charge in [0.25, 0.3) is 0 Å². The van der Waals surface area contributed by atoms with Crippen molar-refractivity contribution in [1.29, 1.82) is 0 Å². The predicted octanol–water partition coefficient (Wildman–Crippen LogP) is 4.12. The normalized spacial score (nSPS) is 21.3. The molecule has 2 fully saturated rings. The van der Waals surface area contributed by atoms with E-state index in [0.29, 0.717) is 18.1 Å². The van der Waals surface area contributed by atoms with Crippen LogP contribution >= 0.6 is 24.0 Å². The van der Waals surface area contributed by atoms with E-state index in [9.17, 15) is 0 Å². The fourth-order valence-corrected chi connectivity index (χ4v) is 4.61. The number of guanidine groups is 1. The molecule has 1 aromatic carbocycles. The minimum atomic E-state index is 0. The number of halogens is 1. The van der Waals surface area contributed by atoms with Gasteiger partial charge in [0.2, 0.25) is 0 Å². The quantitative estimate of drug-likeness (QED) is 0.332. The summed E-state index contributed by atoms with van der Waals surface area (Å²) in [5.74, 6) is 1.79. The summed E-state index contributed by atoms with van der Waals surface area (Å²) in [6.07, 6.45) is 4.96. The van der Waals surface area contributed by atoms with Crippen molar-refractivity contribution in [3.8, 4) is 0 Å². The van der Waals surface area contributed by atoms with Crippen molar-refractivity contribution in [2.24, 2.45) is 10.9 Å². The van der Waals surface area contributed by atoms with Gasteiger partial charge in [0.1, 0.15) is 0 Å². The second-order valence-electron chi connectivity index (χ2n) is 9.15. The summed E-state index contributed by atoms with van der Waals surface area (Å²) < 4.78 is 0. The molecule has 0 bridgehead atoms. The van der Waals surface area contributed by atoms with Crippen LogP contribution in [0.15, 0.2) is 35.3 Å². The Morgan fingerprint density at radius 3 is 2.17 bits per heavy atom. The van der Waals surface area contributed by atoms with Gasteiger partial charge in [0.05, 0.1) is 6.04 Å². The molecule has 1 atom stereocenters. The smallest absolute Gasteiger partial charge is 0.191 e. The number of hydrogen-bond donors (Lipinski definition) is 2. The maximum atomic E-state index is 4.52. The predicted molar refractivity (Wildman–Crippen MR) is 139 cm³/mol. The molecule has 0 aromatic heterocycles. The van der Waals surface area contributed by atoms with E-state index < -0.39 is 0 Å². The fourth-order valence-electron chi connectivity index (χ4n) is 4.61. The van der Waals surface area contributed by atoms with Crippen molar-refractivity contribution < 1.29 is 0 Å². The third-order valence-corrected chi connectivity index (χ3v) is 6.73. The standard InChI is InChI=1S/C24H41N5.HI/c1-19(2)28-16-12-22(13-17-28)27-24(25-4)26-18-23(21-8-6-5-7-9-21)29-14-10-20(3)11-15-29;/h5-9,19-20,22-23H,10-18H2,1-4H3,(H2,25,26,27);1H. The van der Waals surface area contributed by atoms with Crippen LogP contribution in [0.25, 0.3) is 0 Å². The van der Waals surface area contributed by atoms with Crippen molar-refractivity contribution in [2.45, 2.75) is 64.6 Å². The molecule has 2 saturated heterocycles. The van der Waals surface area contributed by atoms with Gasteiger partial charge in [-0.3, -0.25) is 9.89 Å². The van der Waals surface area contributed by atoms with Gasteiger partial charge in [0, 0.05) is 38.8 Å². The van der Waals surface area contributed by atoms with Gasteiger partial charge in [-0.05, 0) is 64.1 Å². The summed E-state index contributed by atoms with van der Waals surface area (Å²) in [4.78, 5) is 9.74. The van der Waals surface area contributed by atoms with Crippen LogP contribution in [0, 0.1) is 5.92 Å². The highest BCUT2D eigenvalue weighted by atomic mass is 127. The van der Waals surface area contributed by atoms with Gasteiger partial charge < -0.3 is 15.5 Å². The van der Waals surface area contributed by atoms with E-state index in [1.54, 1.807) is 0 Å². The lowest BCUT2D eigenvalue weighted by atomic mass is 9.95. The average molecular weight is 528 g/mol. The number of nitrogens with one attached hydrogen (secondary N) is 2. The first kappa shape index (κ1) is 25.4. The minimum absolute atomic E-state index is 0. The van der Waals surface area contributed by atoms with E-state index in [1.165, 1.54) is 57.4 Å². The first-order valence-corrected chi connectivity index (χ1v) is 11.6. The Bertz CT molecular complexity index is 620. The molecule has 1 unspecified atom stereocenters. The van der Waals surface area contributed by atoms with Crippen molar-refractivity contribution in [1.82, 2.24) is 20.4 Å². The molecule has 2 N–H and O–H groups in total. The molecule has 0 spiro atoms. The van der Waals surface area contributed by atoms with Gasteiger partial charge in [-0.1, -0.05) is 37.3 Å². The van der Waals surface area contributed by atoms with E-state index >= 15 is 0 Å². The number of hydrogen-bond acceptors (Lipinski definition) is 3. The zero-order valence-electron chi connectivity index (χ0n) is 19.3. The van der Waals surface area contributed by atoms with Crippen molar-refractivity contribution in [3.05, 3.63) is 35.9 Å².